The van der Waals surface area contributed by atoms with Crippen LogP contribution < -0.4 is 14.7 Å². The molecule has 0 unspecified atom stereocenters. The molecule has 3 aliphatic heterocycles. The molecule has 0 saturated carbocycles. The second-order valence-corrected chi connectivity index (χ2v) is 7.46. The fraction of sp³-hybridized carbons (Fsp3) is 0.217. The van der Waals surface area contributed by atoms with Gasteiger partial charge in [0, 0.05) is 44.5 Å². The Balaban J connectivity index is 1.75. The van der Waals surface area contributed by atoms with Crippen LogP contribution in [0.4, 0.5) is 28.4 Å². The number of rotatable bonds is 3. The van der Waals surface area contributed by atoms with Crippen LogP contribution >= 0.6 is 0 Å². The molecule has 0 N–H and O–H groups in total. The van der Waals surface area contributed by atoms with E-state index >= 15 is 0 Å². The van der Waals surface area contributed by atoms with Crippen LogP contribution in [0.5, 0.6) is 0 Å². The molecule has 1 saturated heterocycles. The van der Waals surface area contributed by atoms with E-state index in [2.05, 4.69) is 39.0 Å². The predicted octanol–water partition coefficient (Wildman–Crippen LogP) is 4.57. The molecule has 0 aromatic heterocycles. The summed E-state index contributed by atoms with van der Waals surface area (Å²) >= 11 is 0. The van der Waals surface area contributed by atoms with E-state index in [0.717, 1.165) is 48.8 Å². The first-order valence-corrected chi connectivity index (χ1v) is 9.89. The van der Waals surface area contributed by atoms with Gasteiger partial charge in [-0.3, -0.25) is 10.1 Å². The molecule has 1 fully saturated rings. The first kappa shape index (κ1) is 17.6. The maximum absolute atomic E-state index is 11.9. The minimum atomic E-state index is -0.278. The Morgan fingerprint density at radius 3 is 2.14 bits per heavy atom. The van der Waals surface area contributed by atoms with Crippen LogP contribution in [0, 0.1) is 10.1 Å². The van der Waals surface area contributed by atoms with Crippen molar-refractivity contribution in [2.45, 2.75) is 6.54 Å². The summed E-state index contributed by atoms with van der Waals surface area (Å²) in [6.45, 7) is 4.25. The van der Waals surface area contributed by atoms with Crippen LogP contribution in [0.2, 0.25) is 0 Å². The zero-order chi connectivity index (χ0) is 19.8. The number of piperazine rings is 1. The standard InChI is InChI=1S/C23H22N4O2/c28-27(29)22-11-10-19-16-23(22)26(17-18-6-2-1-3-7-18)21-9-5-4-8-20(21)25-14-12-24(19)13-15-25/h1-11,16H,12-15,17H2. The lowest BCUT2D eigenvalue weighted by Crippen LogP contribution is -2.47. The van der Waals surface area contributed by atoms with E-state index in [1.807, 2.05) is 42.5 Å². The summed E-state index contributed by atoms with van der Waals surface area (Å²) in [6.07, 6.45) is 0. The molecule has 146 valence electrons. The average Bonchev–Trinajstić information content (AvgIpc) is 2.77. The molecule has 6 nitrogen and oxygen atoms in total. The van der Waals surface area contributed by atoms with Gasteiger partial charge in [0.2, 0.25) is 0 Å². The van der Waals surface area contributed by atoms with Gasteiger partial charge in [-0.15, -0.1) is 0 Å². The normalized spacial score (nSPS) is 15.2. The first-order valence-electron chi connectivity index (χ1n) is 9.89. The molecule has 0 aliphatic carbocycles. The van der Waals surface area contributed by atoms with Gasteiger partial charge >= 0.3 is 0 Å². The van der Waals surface area contributed by atoms with Gasteiger partial charge in [0.05, 0.1) is 16.3 Å². The maximum Gasteiger partial charge on any atom is 0.293 e. The number of para-hydroxylation sites is 2. The summed E-state index contributed by atoms with van der Waals surface area (Å²) in [6, 6.07) is 23.9. The second kappa shape index (κ2) is 7.13. The number of nitro benzene ring substituents is 1. The Morgan fingerprint density at radius 2 is 1.41 bits per heavy atom. The molecule has 6 rings (SSSR count). The monoisotopic (exact) mass is 386 g/mol. The van der Waals surface area contributed by atoms with E-state index in [-0.39, 0.29) is 10.6 Å². The third-order valence-corrected chi connectivity index (χ3v) is 5.79. The van der Waals surface area contributed by atoms with Crippen molar-refractivity contribution < 1.29 is 4.92 Å². The maximum atomic E-state index is 11.9. The summed E-state index contributed by atoms with van der Waals surface area (Å²) in [4.78, 5) is 18.4. The number of hydrogen-bond donors (Lipinski definition) is 0. The van der Waals surface area contributed by atoms with Crippen LogP contribution in [0.25, 0.3) is 0 Å². The molecule has 3 aromatic carbocycles. The molecule has 0 spiro atoms. The summed E-state index contributed by atoms with van der Waals surface area (Å²) in [5, 5.41) is 11.9. The molecule has 3 heterocycles. The van der Waals surface area contributed by atoms with Crippen molar-refractivity contribution in [1.29, 1.82) is 0 Å². The average molecular weight is 386 g/mol. The third kappa shape index (κ3) is 3.16. The summed E-state index contributed by atoms with van der Waals surface area (Å²) in [7, 11) is 0. The van der Waals surface area contributed by atoms with Gasteiger partial charge in [0.25, 0.3) is 5.69 Å². The summed E-state index contributed by atoms with van der Waals surface area (Å²) < 4.78 is 0. The molecular weight excluding hydrogens is 364 g/mol. The van der Waals surface area contributed by atoms with Crippen LogP contribution in [0.1, 0.15) is 5.56 Å². The van der Waals surface area contributed by atoms with Gasteiger partial charge < -0.3 is 14.7 Å². The lowest BCUT2D eigenvalue weighted by atomic mass is 10.1. The number of nitrogens with zero attached hydrogens (tertiary/aromatic N) is 4. The van der Waals surface area contributed by atoms with Crippen molar-refractivity contribution >= 4 is 28.4 Å². The van der Waals surface area contributed by atoms with Crippen molar-refractivity contribution in [2.24, 2.45) is 0 Å². The zero-order valence-electron chi connectivity index (χ0n) is 16.1. The highest BCUT2D eigenvalue weighted by Crippen LogP contribution is 2.43. The van der Waals surface area contributed by atoms with Crippen molar-refractivity contribution in [3.63, 3.8) is 0 Å². The van der Waals surface area contributed by atoms with E-state index in [9.17, 15) is 10.1 Å². The first-order chi connectivity index (χ1) is 14.2. The van der Waals surface area contributed by atoms with Gasteiger partial charge in [-0.25, -0.2) is 0 Å². The van der Waals surface area contributed by atoms with Gasteiger partial charge in [0.1, 0.15) is 5.69 Å². The van der Waals surface area contributed by atoms with Crippen molar-refractivity contribution in [1.82, 2.24) is 0 Å². The minimum absolute atomic E-state index is 0.132. The number of hydrogen-bond acceptors (Lipinski definition) is 5. The highest BCUT2D eigenvalue weighted by molar-refractivity contribution is 5.83. The smallest absolute Gasteiger partial charge is 0.293 e. The predicted molar refractivity (Wildman–Crippen MR) is 116 cm³/mol. The number of nitro groups is 1. The Kier molecular flexibility index (Phi) is 4.31. The fourth-order valence-corrected chi connectivity index (χ4v) is 4.31. The molecule has 3 aromatic rings. The van der Waals surface area contributed by atoms with E-state index in [4.69, 9.17) is 0 Å². The minimum Gasteiger partial charge on any atom is -0.368 e. The molecule has 6 heteroatoms. The Labute approximate surface area is 169 Å². The molecule has 0 atom stereocenters. The largest absolute Gasteiger partial charge is 0.368 e. The molecule has 0 amide bonds. The van der Waals surface area contributed by atoms with Crippen molar-refractivity contribution in [3.8, 4) is 0 Å². The SMILES string of the molecule is O=[N+]([O-])c1ccc2cc1N(Cc1ccccc1)c1ccccc1N1CCN2CC1. The molecule has 29 heavy (non-hydrogen) atoms. The molecular formula is C23H22N4O2. The zero-order valence-corrected chi connectivity index (χ0v) is 16.1. The van der Waals surface area contributed by atoms with Gasteiger partial charge in [-0.2, -0.15) is 0 Å². The number of benzene rings is 3. The number of fused-ring (bicyclic) bond motifs is 2. The van der Waals surface area contributed by atoms with Gasteiger partial charge in [0.15, 0.2) is 0 Å². The van der Waals surface area contributed by atoms with Crippen LogP contribution in [0.3, 0.4) is 0 Å². The Morgan fingerprint density at radius 1 is 0.759 bits per heavy atom. The van der Waals surface area contributed by atoms with E-state index in [1.165, 1.54) is 0 Å². The van der Waals surface area contributed by atoms with E-state index in [1.54, 1.807) is 6.07 Å². The molecule has 0 radical (unpaired) electrons. The van der Waals surface area contributed by atoms with Crippen molar-refractivity contribution in [3.05, 3.63) is 88.5 Å². The Hall–Kier alpha value is -3.54. The quantitative estimate of drug-likeness (QED) is 0.487. The number of anilines is 4. The fourth-order valence-electron chi connectivity index (χ4n) is 4.31. The van der Waals surface area contributed by atoms with Crippen LogP contribution in [-0.2, 0) is 6.54 Å². The van der Waals surface area contributed by atoms with E-state index in [0.29, 0.717) is 12.2 Å². The van der Waals surface area contributed by atoms with Gasteiger partial charge in [-0.05, 0) is 29.8 Å². The van der Waals surface area contributed by atoms with Gasteiger partial charge in [-0.1, -0.05) is 42.5 Å². The third-order valence-electron chi connectivity index (χ3n) is 5.79. The molecule has 3 aliphatic rings. The van der Waals surface area contributed by atoms with Crippen LogP contribution in [0.15, 0.2) is 72.8 Å². The highest BCUT2D eigenvalue weighted by Gasteiger charge is 2.29. The second-order valence-electron chi connectivity index (χ2n) is 7.46. The summed E-state index contributed by atoms with van der Waals surface area (Å²) in [5.41, 5.74) is 5.06. The Bertz CT molecular complexity index is 1050. The lowest BCUT2D eigenvalue weighted by Gasteiger charge is -2.41. The van der Waals surface area contributed by atoms with Crippen LogP contribution in [-0.4, -0.2) is 31.1 Å². The van der Waals surface area contributed by atoms with E-state index < -0.39 is 0 Å². The lowest BCUT2D eigenvalue weighted by molar-refractivity contribution is -0.384. The molecule has 4 bridgehead atoms. The van der Waals surface area contributed by atoms with Crippen molar-refractivity contribution in [2.75, 3.05) is 40.9 Å². The summed E-state index contributed by atoms with van der Waals surface area (Å²) in [5.74, 6) is 0. The topological polar surface area (TPSA) is 52.9 Å². The highest BCUT2D eigenvalue weighted by atomic mass is 16.6.